The zero-order chi connectivity index (χ0) is 14.8. The van der Waals surface area contributed by atoms with Crippen molar-refractivity contribution in [2.24, 2.45) is 7.05 Å². The second-order valence-electron chi connectivity index (χ2n) is 5.50. The molecule has 1 fully saturated rings. The lowest BCUT2D eigenvalue weighted by atomic mass is 10.3. The van der Waals surface area contributed by atoms with E-state index in [-0.39, 0.29) is 0 Å². The van der Waals surface area contributed by atoms with Crippen molar-refractivity contribution in [3.63, 3.8) is 0 Å². The van der Waals surface area contributed by atoms with E-state index < -0.39 is 0 Å². The van der Waals surface area contributed by atoms with Crippen LogP contribution in [0.25, 0.3) is 0 Å². The SMILES string of the molecule is CCCNc1cc(Oc2cc(C)nn2C)nc(C2CC2)n1. The van der Waals surface area contributed by atoms with E-state index >= 15 is 0 Å². The molecule has 6 nitrogen and oxygen atoms in total. The number of hydrogen-bond donors (Lipinski definition) is 1. The first-order valence-corrected chi connectivity index (χ1v) is 7.47. The first kappa shape index (κ1) is 13.9. The van der Waals surface area contributed by atoms with Gasteiger partial charge in [-0.2, -0.15) is 10.1 Å². The van der Waals surface area contributed by atoms with Crippen molar-refractivity contribution in [2.45, 2.75) is 39.0 Å². The molecule has 1 saturated carbocycles. The third-order valence-corrected chi connectivity index (χ3v) is 3.39. The summed E-state index contributed by atoms with van der Waals surface area (Å²) in [6.07, 6.45) is 3.39. The Balaban J connectivity index is 1.85. The summed E-state index contributed by atoms with van der Waals surface area (Å²) in [4.78, 5) is 9.11. The smallest absolute Gasteiger partial charge is 0.226 e. The first-order chi connectivity index (χ1) is 10.2. The molecule has 1 aliphatic rings. The van der Waals surface area contributed by atoms with Gasteiger partial charge >= 0.3 is 0 Å². The third kappa shape index (κ3) is 3.32. The molecule has 112 valence electrons. The van der Waals surface area contributed by atoms with Crippen molar-refractivity contribution in [1.29, 1.82) is 0 Å². The molecular weight excluding hydrogens is 266 g/mol. The van der Waals surface area contributed by atoms with Crippen molar-refractivity contribution in [3.05, 3.63) is 23.7 Å². The third-order valence-electron chi connectivity index (χ3n) is 3.39. The Morgan fingerprint density at radius 3 is 2.76 bits per heavy atom. The highest BCUT2D eigenvalue weighted by Gasteiger charge is 2.27. The summed E-state index contributed by atoms with van der Waals surface area (Å²) in [6.45, 7) is 4.97. The predicted molar refractivity (Wildman–Crippen MR) is 80.8 cm³/mol. The second kappa shape index (κ2) is 5.71. The molecule has 2 heterocycles. The van der Waals surface area contributed by atoms with Crippen LogP contribution in [-0.2, 0) is 7.05 Å². The number of aryl methyl sites for hydroxylation is 2. The zero-order valence-electron chi connectivity index (χ0n) is 12.8. The molecule has 3 rings (SSSR count). The van der Waals surface area contributed by atoms with Crippen LogP contribution in [-0.4, -0.2) is 26.3 Å². The van der Waals surface area contributed by atoms with E-state index in [9.17, 15) is 0 Å². The average molecular weight is 287 g/mol. The van der Waals surface area contributed by atoms with Crippen LogP contribution in [0.15, 0.2) is 12.1 Å². The van der Waals surface area contributed by atoms with Gasteiger partial charge < -0.3 is 10.1 Å². The van der Waals surface area contributed by atoms with Gasteiger partial charge in [0.2, 0.25) is 11.8 Å². The molecule has 0 bridgehead atoms. The molecule has 0 spiro atoms. The number of hydrogen-bond acceptors (Lipinski definition) is 5. The van der Waals surface area contributed by atoms with Crippen LogP contribution in [0.1, 0.15) is 43.6 Å². The fraction of sp³-hybridized carbons (Fsp3) is 0.533. The van der Waals surface area contributed by atoms with E-state index in [1.807, 2.05) is 26.1 Å². The Morgan fingerprint density at radius 1 is 1.33 bits per heavy atom. The minimum Gasteiger partial charge on any atom is -0.421 e. The minimum atomic E-state index is 0.490. The lowest BCUT2D eigenvalue weighted by Crippen LogP contribution is -2.06. The van der Waals surface area contributed by atoms with Gasteiger partial charge in [-0.1, -0.05) is 6.92 Å². The van der Waals surface area contributed by atoms with E-state index in [2.05, 4.69) is 27.3 Å². The highest BCUT2D eigenvalue weighted by atomic mass is 16.5. The highest BCUT2D eigenvalue weighted by molar-refractivity contribution is 5.40. The summed E-state index contributed by atoms with van der Waals surface area (Å²) in [5.74, 6) is 3.47. The molecule has 0 unspecified atom stereocenters. The highest BCUT2D eigenvalue weighted by Crippen LogP contribution is 2.39. The number of ether oxygens (including phenoxy) is 1. The van der Waals surface area contributed by atoms with Crippen LogP contribution in [0.2, 0.25) is 0 Å². The molecule has 0 aromatic carbocycles. The second-order valence-corrected chi connectivity index (χ2v) is 5.50. The van der Waals surface area contributed by atoms with Gasteiger partial charge in [-0.3, -0.25) is 0 Å². The van der Waals surface area contributed by atoms with Gasteiger partial charge in [0.05, 0.1) is 5.69 Å². The van der Waals surface area contributed by atoms with Gasteiger partial charge in [-0.15, -0.1) is 0 Å². The van der Waals surface area contributed by atoms with Gasteiger partial charge in [0, 0.05) is 31.6 Å². The maximum absolute atomic E-state index is 5.88. The van der Waals surface area contributed by atoms with E-state index in [0.717, 1.165) is 30.3 Å². The fourth-order valence-electron chi connectivity index (χ4n) is 2.15. The Bertz CT molecular complexity index is 633. The Hall–Kier alpha value is -2.11. The van der Waals surface area contributed by atoms with Gasteiger partial charge in [0.1, 0.15) is 11.6 Å². The Morgan fingerprint density at radius 2 is 2.14 bits per heavy atom. The van der Waals surface area contributed by atoms with Crippen molar-refractivity contribution in [2.75, 3.05) is 11.9 Å². The Labute approximate surface area is 124 Å². The summed E-state index contributed by atoms with van der Waals surface area (Å²) in [6, 6.07) is 3.75. The maximum atomic E-state index is 5.88. The number of aromatic nitrogens is 4. The molecule has 21 heavy (non-hydrogen) atoms. The topological polar surface area (TPSA) is 64.9 Å². The lowest BCUT2D eigenvalue weighted by molar-refractivity contribution is 0.413. The monoisotopic (exact) mass is 287 g/mol. The molecule has 1 aliphatic carbocycles. The first-order valence-electron chi connectivity index (χ1n) is 7.47. The fourth-order valence-corrected chi connectivity index (χ4v) is 2.15. The van der Waals surface area contributed by atoms with E-state index in [4.69, 9.17) is 4.74 Å². The molecule has 2 aromatic rings. The number of anilines is 1. The van der Waals surface area contributed by atoms with Crippen molar-refractivity contribution < 1.29 is 4.74 Å². The average Bonchev–Trinajstić information content (AvgIpc) is 3.24. The predicted octanol–water partition coefficient (Wildman–Crippen LogP) is 3.01. The molecule has 0 amide bonds. The molecule has 0 saturated heterocycles. The summed E-state index contributed by atoms with van der Waals surface area (Å²) in [5, 5.41) is 7.59. The quantitative estimate of drug-likeness (QED) is 0.884. The summed E-state index contributed by atoms with van der Waals surface area (Å²) >= 11 is 0. The van der Waals surface area contributed by atoms with Gasteiger partial charge in [0.25, 0.3) is 0 Å². The standard InChI is InChI=1S/C15H21N5O/c1-4-7-16-12-9-13(18-15(17-12)11-5-6-11)21-14-8-10(2)19-20(14)3/h8-9,11H,4-7H2,1-3H3,(H,16,17,18). The zero-order valence-corrected chi connectivity index (χ0v) is 12.8. The Kier molecular flexibility index (Phi) is 3.77. The summed E-state index contributed by atoms with van der Waals surface area (Å²) in [5.41, 5.74) is 0.924. The van der Waals surface area contributed by atoms with Crippen LogP contribution in [0.5, 0.6) is 11.8 Å². The van der Waals surface area contributed by atoms with Crippen LogP contribution < -0.4 is 10.1 Å². The molecule has 0 atom stereocenters. The molecule has 2 aromatic heterocycles. The number of nitrogens with zero attached hydrogens (tertiary/aromatic N) is 4. The van der Waals surface area contributed by atoms with Gasteiger partial charge in [-0.25, -0.2) is 9.67 Å². The van der Waals surface area contributed by atoms with Crippen LogP contribution in [0.3, 0.4) is 0 Å². The molecule has 1 N–H and O–H groups in total. The van der Waals surface area contributed by atoms with E-state index in [0.29, 0.717) is 17.7 Å². The maximum Gasteiger partial charge on any atom is 0.226 e. The van der Waals surface area contributed by atoms with E-state index in [1.54, 1.807) is 4.68 Å². The summed E-state index contributed by atoms with van der Waals surface area (Å²) in [7, 11) is 1.86. The molecule has 0 radical (unpaired) electrons. The van der Waals surface area contributed by atoms with Crippen molar-refractivity contribution >= 4 is 5.82 Å². The van der Waals surface area contributed by atoms with Crippen LogP contribution in [0, 0.1) is 6.92 Å². The molecule has 0 aliphatic heterocycles. The normalized spacial score (nSPS) is 14.2. The molecule has 6 heteroatoms. The van der Waals surface area contributed by atoms with Crippen molar-refractivity contribution in [3.8, 4) is 11.8 Å². The van der Waals surface area contributed by atoms with Crippen molar-refractivity contribution in [1.82, 2.24) is 19.7 Å². The number of rotatable bonds is 6. The lowest BCUT2D eigenvalue weighted by Gasteiger charge is -2.10. The van der Waals surface area contributed by atoms with Gasteiger partial charge in [0.15, 0.2) is 0 Å². The summed E-state index contributed by atoms with van der Waals surface area (Å²) < 4.78 is 7.59. The van der Waals surface area contributed by atoms with Crippen LogP contribution in [0.4, 0.5) is 5.82 Å². The van der Waals surface area contributed by atoms with Crippen LogP contribution >= 0.6 is 0 Å². The number of nitrogens with one attached hydrogen (secondary N) is 1. The van der Waals surface area contributed by atoms with E-state index in [1.165, 1.54) is 12.8 Å². The largest absolute Gasteiger partial charge is 0.421 e. The minimum absolute atomic E-state index is 0.490. The van der Waals surface area contributed by atoms with Gasteiger partial charge in [-0.05, 0) is 26.2 Å². The molecular formula is C15H21N5O.